The van der Waals surface area contributed by atoms with Gasteiger partial charge < -0.3 is 14.6 Å². The van der Waals surface area contributed by atoms with Crippen LogP contribution in [0.5, 0.6) is 5.75 Å². The molecule has 1 amide bonds. The summed E-state index contributed by atoms with van der Waals surface area (Å²) >= 11 is 0. The van der Waals surface area contributed by atoms with Crippen molar-refractivity contribution in [1.82, 2.24) is 9.47 Å². The average Bonchev–Trinajstić information content (AvgIpc) is 3.09. The number of phenols is 1. The lowest BCUT2D eigenvalue weighted by atomic mass is 9.96. The Kier molecular flexibility index (Phi) is 4.07. The Morgan fingerprint density at radius 1 is 1.13 bits per heavy atom. The molecule has 0 atom stereocenters. The number of hydrogen-bond donors (Lipinski definition) is 1. The number of aromatic nitrogens is 1. The molecule has 2 heterocycles. The zero-order valence-electron chi connectivity index (χ0n) is 16.2. The van der Waals surface area contributed by atoms with E-state index in [4.69, 9.17) is 0 Å². The second-order valence-electron chi connectivity index (χ2n) is 7.61. The van der Waals surface area contributed by atoms with Crippen molar-refractivity contribution in [1.29, 1.82) is 5.26 Å². The number of fused-ring (bicyclic) bond motifs is 2. The summed E-state index contributed by atoms with van der Waals surface area (Å²) in [6.07, 6.45) is 3.20. The second kappa shape index (κ2) is 6.78. The molecule has 146 valence electrons. The third kappa shape index (κ3) is 2.73. The average molecular weight is 393 g/mol. The monoisotopic (exact) mass is 393 g/mol. The van der Waals surface area contributed by atoms with Gasteiger partial charge in [-0.25, -0.2) is 0 Å². The van der Waals surface area contributed by atoms with Gasteiger partial charge in [0.15, 0.2) is 0 Å². The largest absolute Gasteiger partial charge is 0.508 e. The van der Waals surface area contributed by atoms with Gasteiger partial charge >= 0.3 is 0 Å². The first kappa shape index (κ1) is 18.0. The molecule has 0 saturated carbocycles. The molecule has 5 heteroatoms. The van der Waals surface area contributed by atoms with Crippen molar-refractivity contribution in [3.05, 3.63) is 79.0 Å². The van der Waals surface area contributed by atoms with E-state index in [0.29, 0.717) is 18.7 Å². The Labute approximate surface area is 173 Å². The fourth-order valence-electron chi connectivity index (χ4n) is 4.29. The maximum atomic E-state index is 11.8. The van der Waals surface area contributed by atoms with Crippen molar-refractivity contribution in [2.45, 2.75) is 6.04 Å². The van der Waals surface area contributed by atoms with E-state index in [-0.39, 0.29) is 17.7 Å². The molecule has 0 unspecified atom stereocenters. The number of hydrogen-bond acceptors (Lipinski definition) is 3. The van der Waals surface area contributed by atoms with Crippen LogP contribution in [0.1, 0.15) is 11.6 Å². The van der Waals surface area contributed by atoms with Gasteiger partial charge in [-0.15, -0.1) is 0 Å². The van der Waals surface area contributed by atoms with E-state index >= 15 is 0 Å². The molecule has 3 aromatic carbocycles. The van der Waals surface area contributed by atoms with Gasteiger partial charge in [-0.3, -0.25) is 4.79 Å². The van der Waals surface area contributed by atoms with Gasteiger partial charge in [-0.05, 0) is 52.2 Å². The van der Waals surface area contributed by atoms with Crippen LogP contribution in [-0.4, -0.2) is 33.6 Å². The number of likely N-dealkylation sites (tertiary alicyclic amines) is 1. The molecule has 5 rings (SSSR count). The Bertz CT molecular complexity index is 1370. The zero-order chi connectivity index (χ0) is 20.8. The zero-order valence-corrected chi connectivity index (χ0v) is 16.2. The summed E-state index contributed by atoms with van der Waals surface area (Å²) in [6, 6.07) is 19.9. The van der Waals surface area contributed by atoms with Crippen molar-refractivity contribution >= 4 is 27.6 Å². The SMILES string of the molecule is C=CC(=O)N1CC(n2cc(C#N)c3cc(-c4cc(O)cc5ccccc45)ccc32)C1. The van der Waals surface area contributed by atoms with Crippen LogP contribution in [0.25, 0.3) is 32.8 Å². The lowest BCUT2D eigenvalue weighted by Crippen LogP contribution is -2.49. The molecule has 0 radical (unpaired) electrons. The highest BCUT2D eigenvalue weighted by molar-refractivity contribution is 6.00. The number of amides is 1. The molecule has 0 bridgehead atoms. The van der Waals surface area contributed by atoms with Crippen molar-refractivity contribution in [2.75, 3.05) is 13.1 Å². The number of nitrogens with zero attached hydrogens (tertiary/aromatic N) is 3. The smallest absolute Gasteiger partial charge is 0.246 e. The molecule has 1 N–H and O–H groups in total. The second-order valence-corrected chi connectivity index (χ2v) is 7.61. The lowest BCUT2D eigenvalue weighted by molar-refractivity contribution is -0.131. The predicted molar refractivity (Wildman–Crippen MR) is 117 cm³/mol. The first-order chi connectivity index (χ1) is 14.6. The summed E-state index contributed by atoms with van der Waals surface area (Å²) in [7, 11) is 0. The van der Waals surface area contributed by atoms with Gasteiger partial charge in [-0.1, -0.05) is 36.9 Å². The van der Waals surface area contributed by atoms with Gasteiger partial charge in [0.2, 0.25) is 5.91 Å². The first-order valence-electron chi connectivity index (χ1n) is 9.77. The third-order valence-corrected chi connectivity index (χ3v) is 5.85. The van der Waals surface area contributed by atoms with E-state index in [2.05, 4.69) is 17.2 Å². The molecule has 4 aromatic rings. The first-order valence-corrected chi connectivity index (χ1v) is 9.77. The molecular formula is C25H19N3O2. The van der Waals surface area contributed by atoms with Crippen LogP contribution in [0.2, 0.25) is 0 Å². The number of benzene rings is 3. The van der Waals surface area contributed by atoms with E-state index in [1.165, 1.54) is 6.08 Å². The normalized spacial score (nSPS) is 13.9. The standard InChI is InChI=1S/C25H19N3O2/c1-2-25(30)27-14-19(15-27)28-13-18(12-26)23-10-17(7-8-24(23)28)22-11-20(29)9-16-5-3-4-6-21(16)22/h2-11,13,19,29H,1,14-15H2. The molecule has 0 aliphatic carbocycles. The predicted octanol–water partition coefficient (Wildman–Crippen LogP) is 4.61. The third-order valence-electron chi connectivity index (χ3n) is 5.85. The van der Waals surface area contributed by atoms with Gasteiger partial charge in [0.1, 0.15) is 11.8 Å². The molecule has 0 spiro atoms. The van der Waals surface area contributed by atoms with Gasteiger partial charge in [0, 0.05) is 30.2 Å². The highest BCUT2D eigenvalue weighted by atomic mass is 16.3. The van der Waals surface area contributed by atoms with Crippen molar-refractivity contribution < 1.29 is 9.90 Å². The van der Waals surface area contributed by atoms with Crippen LogP contribution in [0.3, 0.4) is 0 Å². The molecule has 1 aliphatic rings. The highest BCUT2D eigenvalue weighted by Gasteiger charge is 2.31. The number of nitriles is 1. The minimum Gasteiger partial charge on any atom is -0.508 e. The molecule has 1 saturated heterocycles. The fourth-order valence-corrected chi connectivity index (χ4v) is 4.29. The van der Waals surface area contributed by atoms with E-state index < -0.39 is 0 Å². The summed E-state index contributed by atoms with van der Waals surface area (Å²) in [6.45, 7) is 4.76. The van der Waals surface area contributed by atoms with Crippen molar-refractivity contribution in [2.24, 2.45) is 0 Å². The van der Waals surface area contributed by atoms with Gasteiger partial charge in [-0.2, -0.15) is 5.26 Å². The summed E-state index contributed by atoms with van der Waals surface area (Å²) in [4.78, 5) is 13.5. The summed E-state index contributed by atoms with van der Waals surface area (Å²) in [5.74, 6) is 0.143. The van der Waals surface area contributed by atoms with E-state index in [1.54, 1.807) is 17.0 Å². The van der Waals surface area contributed by atoms with Crippen LogP contribution in [0, 0.1) is 11.3 Å². The lowest BCUT2D eigenvalue weighted by Gasteiger charge is -2.39. The fraction of sp³-hybridized carbons (Fsp3) is 0.120. The van der Waals surface area contributed by atoms with E-state index in [0.717, 1.165) is 32.8 Å². The van der Waals surface area contributed by atoms with Gasteiger partial charge in [0.25, 0.3) is 0 Å². The maximum Gasteiger partial charge on any atom is 0.246 e. The number of rotatable bonds is 3. The molecule has 1 aromatic heterocycles. The number of aromatic hydroxyl groups is 1. The van der Waals surface area contributed by atoms with E-state index in [1.807, 2.05) is 48.7 Å². The number of phenolic OH excluding ortho intramolecular Hbond substituents is 1. The summed E-state index contributed by atoms with van der Waals surface area (Å²) in [5, 5.41) is 22.8. The Morgan fingerprint density at radius 2 is 1.93 bits per heavy atom. The van der Waals surface area contributed by atoms with Gasteiger partial charge in [0.05, 0.1) is 11.6 Å². The Balaban J connectivity index is 1.61. The topological polar surface area (TPSA) is 69.3 Å². The Hall–Kier alpha value is -4.04. The summed E-state index contributed by atoms with van der Waals surface area (Å²) < 4.78 is 2.09. The molecular weight excluding hydrogens is 374 g/mol. The van der Waals surface area contributed by atoms with Crippen LogP contribution >= 0.6 is 0 Å². The Morgan fingerprint density at radius 3 is 2.70 bits per heavy atom. The van der Waals surface area contributed by atoms with Crippen molar-refractivity contribution in [3.63, 3.8) is 0 Å². The van der Waals surface area contributed by atoms with Crippen LogP contribution < -0.4 is 0 Å². The number of carbonyl (C=O) groups is 1. The maximum absolute atomic E-state index is 11.8. The molecule has 30 heavy (non-hydrogen) atoms. The van der Waals surface area contributed by atoms with Crippen LogP contribution in [0.4, 0.5) is 0 Å². The highest BCUT2D eigenvalue weighted by Crippen LogP contribution is 2.36. The van der Waals surface area contributed by atoms with Crippen molar-refractivity contribution in [3.8, 4) is 22.9 Å². The van der Waals surface area contributed by atoms with Crippen LogP contribution in [-0.2, 0) is 4.79 Å². The molecule has 5 nitrogen and oxygen atoms in total. The van der Waals surface area contributed by atoms with Crippen LogP contribution in [0.15, 0.2) is 73.4 Å². The summed E-state index contributed by atoms with van der Waals surface area (Å²) in [5.41, 5.74) is 3.44. The van der Waals surface area contributed by atoms with E-state index in [9.17, 15) is 15.2 Å². The minimum absolute atomic E-state index is 0.0683. The number of carbonyl (C=O) groups excluding carboxylic acids is 1. The minimum atomic E-state index is -0.0683. The molecule has 1 aliphatic heterocycles. The quantitative estimate of drug-likeness (QED) is 0.517. The molecule has 1 fully saturated rings.